The van der Waals surface area contributed by atoms with Gasteiger partial charge in [-0.2, -0.15) is 0 Å². The number of amides is 1. The Morgan fingerprint density at radius 3 is 2.83 bits per heavy atom. The van der Waals surface area contributed by atoms with E-state index in [1.54, 1.807) is 13.0 Å². The molecule has 5 heteroatoms. The molecule has 1 amide bonds. The highest BCUT2D eigenvalue weighted by atomic mass is 79.9. The summed E-state index contributed by atoms with van der Waals surface area (Å²) in [5, 5.41) is 6.07. The van der Waals surface area contributed by atoms with Gasteiger partial charge in [-0.25, -0.2) is 4.39 Å². The Labute approximate surface area is 114 Å². The lowest BCUT2D eigenvalue weighted by molar-refractivity contribution is -0.120. The lowest BCUT2D eigenvalue weighted by Gasteiger charge is -2.16. The van der Waals surface area contributed by atoms with Gasteiger partial charge < -0.3 is 10.6 Å². The van der Waals surface area contributed by atoms with Gasteiger partial charge in [0.1, 0.15) is 5.82 Å². The molecule has 3 nitrogen and oxygen atoms in total. The Morgan fingerprint density at radius 2 is 2.22 bits per heavy atom. The van der Waals surface area contributed by atoms with E-state index in [0.717, 1.165) is 12.1 Å². The first-order valence-corrected chi connectivity index (χ1v) is 6.75. The summed E-state index contributed by atoms with van der Waals surface area (Å²) in [5.74, 6) is -0.0158. The van der Waals surface area contributed by atoms with Crippen molar-refractivity contribution in [2.75, 3.05) is 18.4 Å². The van der Waals surface area contributed by atoms with E-state index in [2.05, 4.69) is 33.5 Å². The maximum Gasteiger partial charge on any atom is 0.229 e. The van der Waals surface area contributed by atoms with E-state index in [1.165, 1.54) is 6.07 Å². The summed E-state index contributed by atoms with van der Waals surface area (Å²) in [6, 6.07) is 3.02. The van der Waals surface area contributed by atoms with Gasteiger partial charge in [0.05, 0.1) is 10.4 Å². The third-order valence-electron chi connectivity index (χ3n) is 3.38. The first-order chi connectivity index (χ1) is 8.49. The summed E-state index contributed by atoms with van der Waals surface area (Å²) < 4.78 is 13.7. The van der Waals surface area contributed by atoms with Gasteiger partial charge in [0.2, 0.25) is 5.91 Å². The molecule has 18 heavy (non-hydrogen) atoms. The lowest BCUT2D eigenvalue weighted by atomic mass is 9.97. The number of hydrogen-bond acceptors (Lipinski definition) is 2. The van der Waals surface area contributed by atoms with Crippen molar-refractivity contribution >= 4 is 27.5 Å². The fourth-order valence-electron chi connectivity index (χ4n) is 2.17. The molecule has 1 heterocycles. The molecule has 0 aliphatic carbocycles. The van der Waals surface area contributed by atoms with E-state index >= 15 is 0 Å². The van der Waals surface area contributed by atoms with E-state index in [9.17, 15) is 9.18 Å². The fourth-order valence-corrected chi connectivity index (χ4v) is 2.51. The molecule has 98 valence electrons. The van der Waals surface area contributed by atoms with Crippen LogP contribution >= 0.6 is 15.9 Å². The average Bonchev–Trinajstić information content (AvgIpc) is 2.72. The maximum atomic E-state index is 13.3. The van der Waals surface area contributed by atoms with Crippen LogP contribution in [0.5, 0.6) is 0 Å². The Kier molecular flexibility index (Phi) is 4.02. The van der Waals surface area contributed by atoms with E-state index in [-0.39, 0.29) is 17.6 Å². The van der Waals surface area contributed by atoms with Crippen LogP contribution in [0, 0.1) is 24.6 Å². The zero-order valence-electron chi connectivity index (χ0n) is 10.4. The number of carbonyl (C=O) groups excluding carboxylic acids is 1. The molecule has 1 saturated heterocycles. The van der Waals surface area contributed by atoms with Gasteiger partial charge in [0.15, 0.2) is 0 Å². The molecule has 0 bridgehead atoms. The van der Waals surface area contributed by atoms with Gasteiger partial charge in [-0.05, 0) is 53.0 Å². The Bertz CT molecular complexity index is 478. The van der Waals surface area contributed by atoms with E-state index in [4.69, 9.17) is 0 Å². The summed E-state index contributed by atoms with van der Waals surface area (Å²) in [4.78, 5) is 12.1. The Balaban J connectivity index is 2.14. The van der Waals surface area contributed by atoms with Gasteiger partial charge in [-0.15, -0.1) is 0 Å². The Morgan fingerprint density at radius 1 is 1.50 bits per heavy atom. The monoisotopic (exact) mass is 314 g/mol. The molecule has 0 unspecified atom stereocenters. The van der Waals surface area contributed by atoms with Crippen molar-refractivity contribution in [3.05, 3.63) is 28.0 Å². The van der Waals surface area contributed by atoms with Crippen molar-refractivity contribution < 1.29 is 9.18 Å². The smallest absolute Gasteiger partial charge is 0.229 e. The van der Waals surface area contributed by atoms with Crippen LogP contribution in [-0.4, -0.2) is 19.0 Å². The number of anilines is 1. The van der Waals surface area contributed by atoms with Crippen molar-refractivity contribution in [2.45, 2.75) is 13.8 Å². The highest BCUT2D eigenvalue weighted by Crippen LogP contribution is 2.25. The molecule has 1 aliphatic rings. The molecule has 2 rings (SSSR count). The van der Waals surface area contributed by atoms with Crippen molar-refractivity contribution in [3.8, 4) is 0 Å². The third-order valence-corrected chi connectivity index (χ3v) is 3.99. The van der Waals surface area contributed by atoms with Crippen molar-refractivity contribution in [1.29, 1.82) is 0 Å². The number of benzene rings is 1. The maximum absolute atomic E-state index is 13.3. The number of aryl methyl sites for hydroxylation is 1. The van der Waals surface area contributed by atoms with Gasteiger partial charge in [-0.3, -0.25) is 4.79 Å². The zero-order valence-corrected chi connectivity index (χ0v) is 12.0. The normalized spacial score (nSPS) is 23.1. The minimum absolute atomic E-state index is 0.00546. The molecule has 1 fully saturated rings. The van der Waals surface area contributed by atoms with Crippen LogP contribution < -0.4 is 10.6 Å². The molecule has 0 aromatic heterocycles. The van der Waals surface area contributed by atoms with Crippen molar-refractivity contribution in [1.82, 2.24) is 5.32 Å². The predicted octanol–water partition coefficient (Wildman–Crippen LogP) is 2.69. The van der Waals surface area contributed by atoms with Crippen LogP contribution in [0.15, 0.2) is 16.6 Å². The number of hydrogen-bond donors (Lipinski definition) is 2. The minimum Gasteiger partial charge on any atom is -0.326 e. The molecular weight excluding hydrogens is 299 g/mol. The summed E-state index contributed by atoms with van der Waals surface area (Å²) in [6.45, 7) is 5.40. The molecule has 0 radical (unpaired) electrons. The first kappa shape index (κ1) is 13.5. The largest absolute Gasteiger partial charge is 0.326 e. The van der Waals surface area contributed by atoms with Gasteiger partial charge in [0, 0.05) is 12.2 Å². The highest BCUT2D eigenvalue weighted by molar-refractivity contribution is 9.10. The van der Waals surface area contributed by atoms with Gasteiger partial charge in [-0.1, -0.05) is 6.92 Å². The summed E-state index contributed by atoms with van der Waals surface area (Å²) in [5.41, 5.74) is 1.38. The molecule has 2 atom stereocenters. The topological polar surface area (TPSA) is 41.1 Å². The van der Waals surface area contributed by atoms with Crippen LogP contribution in [0.3, 0.4) is 0 Å². The number of halogens is 2. The molecule has 1 aliphatic heterocycles. The summed E-state index contributed by atoms with van der Waals surface area (Å²) in [6.07, 6.45) is 0. The SMILES string of the molecule is Cc1cc(F)c(Br)cc1NC(=O)[C@@H]1CNC[C@H]1C. The molecule has 1 aromatic rings. The number of rotatable bonds is 2. The summed E-state index contributed by atoms with van der Waals surface area (Å²) in [7, 11) is 0. The quantitative estimate of drug-likeness (QED) is 0.881. The van der Waals surface area contributed by atoms with Gasteiger partial charge in [0.25, 0.3) is 0 Å². The second kappa shape index (κ2) is 5.36. The van der Waals surface area contributed by atoms with E-state index < -0.39 is 0 Å². The lowest BCUT2D eigenvalue weighted by Crippen LogP contribution is -2.28. The Hall–Kier alpha value is -0.940. The molecule has 2 N–H and O–H groups in total. The van der Waals surface area contributed by atoms with Crippen LogP contribution in [0.25, 0.3) is 0 Å². The molecular formula is C13H16BrFN2O. The van der Waals surface area contributed by atoms with Crippen molar-refractivity contribution in [2.24, 2.45) is 11.8 Å². The van der Waals surface area contributed by atoms with Crippen LogP contribution in [-0.2, 0) is 4.79 Å². The van der Waals surface area contributed by atoms with Gasteiger partial charge >= 0.3 is 0 Å². The van der Waals surface area contributed by atoms with Crippen LogP contribution in [0.4, 0.5) is 10.1 Å². The molecule has 1 aromatic carbocycles. The van der Waals surface area contributed by atoms with E-state index in [0.29, 0.717) is 22.6 Å². The molecule has 0 spiro atoms. The standard InChI is InChI=1S/C13H16BrFN2O/c1-7-3-11(15)10(14)4-12(7)17-13(18)9-6-16-5-8(9)2/h3-4,8-9,16H,5-6H2,1-2H3,(H,17,18)/t8-,9-/m1/s1. The average molecular weight is 315 g/mol. The third kappa shape index (κ3) is 2.72. The first-order valence-electron chi connectivity index (χ1n) is 5.96. The molecule has 0 saturated carbocycles. The van der Waals surface area contributed by atoms with Crippen molar-refractivity contribution in [3.63, 3.8) is 0 Å². The number of nitrogens with one attached hydrogen (secondary N) is 2. The zero-order chi connectivity index (χ0) is 13.3. The second-order valence-electron chi connectivity index (χ2n) is 4.81. The second-order valence-corrected chi connectivity index (χ2v) is 5.67. The number of carbonyl (C=O) groups is 1. The van der Waals surface area contributed by atoms with E-state index in [1.807, 2.05) is 0 Å². The predicted molar refractivity (Wildman–Crippen MR) is 73.0 cm³/mol. The van der Waals surface area contributed by atoms with Crippen LogP contribution in [0.2, 0.25) is 0 Å². The van der Waals surface area contributed by atoms with Crippen LogP contribution in [0.1, 0.15) is 12.5 Å². The minimum atomic E-state index is -0.318. The summed E-state index contributed by atoms with van der Waals surface area (Å²) >= 11 is 3.13. The fraction of sp³-hybridized carbons (Fsp3) is 0.462. The highest BCUT2D eigenvalue weighted by Gasteiger charge is 2.29.